The third-order valence-electron chi connectivity index (χ3n) is 5.33. The standard InChI is InChI=1S/C23H20BrF2N3O2/c24-18-11-14(1-4-19(18)26)2-6-21(30)29-23(8-9-23)22(31)27-10-7-15-13-28-20-5-3-16(25)12-17(15)20/h1-6,11-13,28H,7-10H2,(H,27,31)(H,29,30). The van der Waals surface area contributed by atoms with E-state index in [1.54, 1.807) is 24.3 Å². The van der Waals surface area contributed by atoms with Crippen LogP contribution in [0.4, 0.5) is 8.78 Å². The first-order valence-corrected chi connectivity index (χ1v) is 10.6. The summed E-state index contributed by atoms with van der Waals surface area (Å²) in [6, 6.07) is 8.97. The molecule has 0 bridgehead atoms. The lowest BCUT2D eigenvalue weighted by Gasteiger charge is -2.16. The highest BCUT2D eigenvalue weighted by Gasteiger charge is 2.50. The van der Waals surface area contributed by atoms with Gasteiger partial charge < -0.3 is 15.6 Å². The van der Waals surface area contributed by atoms with Crippen LogP contribution in [-0.4, -0.2) is 28.9 Å². The Hall–Kier alpha value is -3.00. The Morgan fingerprint density at radius 1 is 1.16 bits per heavy atom. The average Bonchev–Trinajstić information content (AvgIpc) is 3.42. The zero-order chi connectivity index (χ0) is 22.0. The van der Waals surface area contributed by atoms with E-state index in [1.807, 2.05) is 6.20 Å². The fourth-order valence-electron chi connectivity index (χ4n) is 3.44. The topological polar surface area (TPSA) is 74.0 Å². The molecule has 0 atom stereocenters. The zero-order valence-corrected chi connectivity index (χ0v) is 18.1. The largest absolute Gasteiger partial charge is 0.361 e. The first-order valence-electron chi connectivity index (χ1n) is 9.85. The van der Waals surface area contributed by atoms with E-state index >= 15 is 0 Å². The minimum atomic E-state index is -0.892. The molecule has 31 heavy (non-hydrogen) atoms. The molecule has 0 spiro atoms. The number of carbonyl (C=O) groups is 2. The van der Waals surface area contributed by atoms with E-state index in [-0.39, 0.29) is 23.4 Å². The number of halogens is 3. The summed E-state index contributed by atoms with van der Waals surface area (Å²) >= 11 is 3.10. The van der Waals surface area contributed by atoms with Crippen LogP contribution >= 0.6 is 15.9 Å². The lowest BCUT2D eigenvalue weighted by atomic mass is 10.1. The van der Waals surface area contributed by atoms with Gasteiger partial charge in [-0.05, 0) is 82.7 Å². The maximum absolute atomic E-state index is 13.5. The summed E-state index contributed by atoms with van der Waals surface area (Å²) in [5.41, 5.74) is 1.52. The number of rotatable bonds is 7. The molecule has 0 radical (unpaired) electrons. The van der Waals surface area contributed by atoms with Gasteiger partial charge in [-0.15, -0.1) is 0 Å². The number of hydrogen-bond acceptors (Lipinski definition) is 2. The molecule has 1 aromatic heterocycles. The van der Waals surface area contributed by atoms with E-state index < -0.39 is 5.54 Å². The molecule has 0 aliphatic heterocycles. The molecular weight excluding hydrogens is 468 g/mol. The molecular formula is C23H20BrF2N3O2. The van der Waals surface area contributed by atoms with E-state index in [0.717, 1.165) is 16.5 Å². The van der Waals surface area contributed by atoms with Crippen LogP contribution in [0.3, 0.4) is 0 Å². The van der Waals surface area contributed by atoms with E-state index in [0.29, 0.717) is 35.8 Å². The molecule has 3 N–H and O–H groups in total. The van der Waals surface area contributed by atoms with Gasteiger partial charge in [0, 0.05) is 29.7 Å². The van der Waals surface area contributed by atoms with Gasteiger partial charge in [0.05, 0.1) is 4.47 Å². The van der Waals surface area contributed by atoms with Crippen molar-refractivity contribution in [2.75, 3.05) is 6.54 Å². The van der Waals surface area contributed by atoms with Crippen molar-refractivity contribution in [1.29, 1.82) is 0 Å². The Bertz CT molecular complexity index is 1180. The van der Waals surface area contributed by atoms with Crippen molar-refractivity contribution in [3.8, 4) is 0 Å². The van der Waals surface area contributed by atoms with E-state index in [9.17, 15) is 18.4 Å². The van der Waals surface area contributed by atoms with Gasteiger partial charge in [0.2, 0.25) is 11.8 Å². The molecule has 2 amide bonds. The second-order valence-corrected chi connectivity index (χ2v) is 8.44. The third kappa shape index (κ3) is 4.85. The molecule has 5 nitrogen and oxygen atoms in total. The molecule has 0 saturated heterocycles. The minimum absolute atomic E-state index is 0.232. The van der Waals surface area contributed by atoms with Gasteiger partial charge >= 0.3 is 0 Å². The maximum atomic E-state index is 13.5. The van der Waals surface area contributed by atoms with Crippen LogP contribution in [0, 0.1) is 11.6 Å². The smallest absolute Gasteiger partial charge is 0.245 e. The average molecular weight is 488 g/mol. The van der Waals surface area contributed by atoms with Gasteiger partial charge in [-0.1, -0.05) is 6.07 Å². The fourth-order valence-corrected chi connectivity index (χ4v) is 3.83. The van der Waals surface area contributed by atoms with E-state index in [4.69, 9.17) is 0 Å². The lowest BCUT2D eigenvalue weighted by molar-refractivity contribution is -0.128. The van der Waals surface area contributed by atoms with Gasteiger partial charge in [-0.3, -0.25) is 9.59 Å². The normalized spacial score (nSPS) is 14.7. The zero-order valence-electron chi connectivity index (χ0n) is 16.5. The quantitative estimate of drug-likeness (QED) is 0.436. The molecule has 1 heterocycles. The number of benzene rings is 2. The summed E-state index contributed by atoms with van der Waals surface area (Å²) in [5, 5.41) is 6.42. The second-order valence-electron chi connectivity index (χ2n) is 7.59. The number of amides is 2. The minimum Gasteiger partial charge on any atom is -0.361 e. The summed E-state index contributed by atoms with van der Waals surface area (Å²) in [5.74, 6) is -1.31. The monoisotopic (exact) mass is 487 g/mol. The summed E-state index contributed by atoms with van der Waals surface area (Å²) in [4.78, 5) is 28.0. The van der Waals surface area contributed by atoms with E-state index in [1.165, 1.54) is 24.3 Å². The summed E-state index contributed by atoms with van der Waals surface area (Å²) in [6.07, 6.45) is 6.37. The van der Waals surface area contributed by atoms with Gasteiger partial charge in [0.1, 0.15) is 17.2 Å². The summed E-state index contributed by atoms with van der Waals surface area (Å²) < 4.78 is 27.1. The number of hydrogen-bond donors (Lipinski definition) is 3. The number of carbonyl (C=O) groups excluding carboxylic acids is 2. The molecule has 4 rings (SSSR count). The van der Waals surface area contributed by atoms with Gasteiger partial charge in [-0.25, -0.2) is 8.78 Å². The van der Waals surface area contributed by atoms with Gasteiger partial charge in [0.15, 0.2) is 0 Å². The van der Waals surface area contributed by atoms with Crippen LogP contribution in [0.25, 0.3) is 17.0 Å². The molecule has 160 valence electrons. The number of aromatic nitrogens is 1. The molecule has 8 heteroatoms. The molecule has 1 aliphatic carbocycles. The number of H-pyrrole nitrogens is 1. The SMILES string of the molecule is O=C(C=Cc1ccc(F)c(Br)c1)NC1(C(=O)NCCc2c[nH]c3ccc(F)cc23)CC1. The Morgan fingerprint density at radius 3 is 2.71 bits per heavy atom. The second kappa shape index (κ2) is 8.63. The highest BCUT2D eigenvalue weighted by atomic mass is 79.9. The Labute approximate surface area is 186 Å². The van der Waals surface area contributed by atoms with Gasteiger partial charge in [0.25, 0.3) is 0 Å². The van der Waals surface area contributed by atoms with Crippen molar-refractivity contribution in [2.45, 2.75) is 24.8 Å². The highest BCUT2D eigenvalue weighted by molar-refractivity contribution is 9.10. The van der Waals surface area contributed by atoms with Gasteiger partial charge in [-0.2, -0.15) is 0 Å². The van der Waals surface area contributed by atoms with Crippen molar-refractivity contribution in [3.63, 3.8) is 0 Å². The van der Waals surface area contributed by atoms with Crippen LogP contribution in [-0.2, 0) is 16.0 Å². The van der Waals surface area contributed by atoms with Crippen LogP contribution in [0.5, 0.6) is 0 Å². The Morgan fingerprint density at radius 2 is 1.97 bits per heavy atom. The fraction of sp³-hybridized carbons (Fsp3) is 0.217. The van der Waals surface area contributed by atoms with Crippen molar-refractivity contribution in [1.82, 2.24) is 15.6 Å². The molecule has 1 aliphatic rings. The van der Waals surface area contributed by atoms with Crippen molar-refractivity contribution in [3.05, 3.63) is 75.9 Å². The lowest BCUT2D eigenvalue weighted by Crippen LogP contribution is -2.49. The van der Waals surface area contributed by atoms with Crippen molar-refractivity contribution >= 4 is 44.7 Å². The molecule has 1 saturated carbocycles. The molecule has 0 unspecified atom stereocenters. The summed E-state index contributed by atoms with van der Waals surface area (Å²) in [7, 11) is 0. The van der Waals surface area contributed by atoms with Crippen LogP contribution in [0.15, 0.2) is 53.1 Å². The Kier molecular flexibility index (Phi) is 5.91. The third-order valence-corrected chi connectivity index (χ3v) is 5.94. The predicted molar refractivity (Wildman–Crippen MR) is 118 cm³/mol. The predicted octanol–water partition coefficient (Wildman–Crippen LogP) is 4.23. The molecule has 2 aromatic carbocycles. The molecule has 3 aromatic rings. The number of nitrogens with one attached hydrogen (secondary N) is 3. The van der Waals surface area contributed by atoms with Crippen LogP contribution < -0.4 is 10.6 Å². The first-order chi connectivity index (χ1) is 14.9. The van der Waals surface area contributed by atoms with Crippen molar-refractivity contribution < 1.29 is 18.4 Å². The van der Waals surface area contributed by atoms with Crippen molar-refractivity contribution in [2.24, 2.45) is 0 Å². The van der Waals surface area contributed by atoms with Crippen LogP contribution in [0.2, 0.25) is 0 Å². The number of fused-ring (bicyclic) bond motifs is 1. The first kappa shape index (κ1) is 21.2. The Balaban J connectivity index is 1.30. The van der Waals surface area contributed by atoms with Crippen LogP contribution in [0.1, 0.15) is 24.0 Å². The number of aromatic amines is 1. The maximum Gasteiger partial charge on any atom is 0.245 e. The van der Waals surface area contributed by atoms with E-state index in [2.05, 4.69) is 31.5 Å². The highest BCUT2D eigenvalue weighted by Crippen LogP contribution is 2.35. The summed E-state index contributed by atoms with van der Waals surface area (Å²) in [6.45, 7) is 0.374. The molecule has 1 fully saturated rings.